The zero-order valence-electron chi connectivity index (χ0n) is 8.32. The summed E-state index contributed by atoms with van der Waals surface area (Å²) in [4.78, 5) is 12.1. The van der Waals surface area contributed by atoms with Gasteiger partial charge in [-0.2, -0.15) is 0 Å². The van der Waals surface area contributed by atoms with E-state index in [9.17, 15) is 9.90 Å². The van der Waals surface area contributed by atoms with Crippen LogP contribution in [0.3, 0.4) is 0 Å². The van der Waals surface area contributed by atoms with Crippen molar-refractivity contribution in [1.82, 2.24) is 4.90 Å². The topological polar surface area (TPSA) is 60.8 Å². The van der Waals surface area contributed by atoms with Crippen LogP contribution in [0.5, 0.6) is 0 Å². The molecule has 4 nitrogen and oxygen atoms in total. The number of carboxylic acid groups (broad SMARTS) is 1. The van der Waals surface area contributed by atoms with Crippen molar-refractivity contribution in [1.29, 1.82) is 0 Å². The number of aliphatic hydroxyl groups is 1. The fourth-order valence-electron chi connectivity index (χ4n) is 2.15. The molecule has 2 atom stereocenters. The van der Waals surface area contributed by atoms with E-state index in [0.29, 0.717) is 6.54 Å². The van der Waals surface area contributed by atoms with Crippen LogP contribution in [0.4, 0.5) is 4.79 Å². The molecule has 0 aliphatic carbocycles. The van der Waals surface area contributed by atoms with Crippen LogP contribution in [0.2, 0.25) is 0 Å². The fourth-order valence-corrected chi connectivity index (χ4v) is 2.15. The normalized spacial score (nSPS) is 29.4. The zero-order valence-corrected chi connectivity index (χ0v) is 8.32. The molecule has 2 N–H and O–H groups in total. The van der Waals surface area contributed by atoms with E-state index in [2.05, 4.69) is 0 Å². The molecule has 0 saturated carbocycles. The molecule has 0 aromatic carbocycles. The average Bonchev–Trinajstić information content (AvgIpc) is 2.28. The predicted octanol–water partition coefficient (Wildman–Crippen LogP) is 1.15. The minimum Gasteiger partial charge on any atom is -0.465 e. The number of amides is 1. The highest BCUT2D eigenvalue weighted by molar-refractivity contribution is 5.65. The van der Waals surface area contributed by atoms with Crippen molar-refractivity contribution in [3.05, 3.63) is 0 Å². The highest BCUT2D eigenvalue weighted by Gasteiger charge is 2.41. The van der Waals surface area contributed by atoms with E-state index in [1.807, 2.05) is 6.92 Å². The van der Waals surface area contributed by atoms with Gasteiger partial charge in [0.25, 0.3) is 0 Å². The quantitative estimate of drug-likeness (QED) is 0.647. The average molecular weight is 187 g/mol. The molecule has 1 fully saturated rings. The summed E-state index contributed by atoms with van der Waals surface area (Å²) in [6, 6.07) is -0.0856. The van der Waals surface area contributed by atoms with E-state index in [1.54, 1.807) is 13.8 Å². The predicted molar refractivity (Wildman–Crippen MR) is 48.6 cm³/mol. The first-order chi connectivity index (χ1) is 5.84. The number of hydrogen-bond donors (Lipinski definition) is 2. The third-order valence-electron chi connectivity index (χ3n) is 2.91. The second kappa shape index (κ2) is 3.18. The SMILES string of the molecule is CC1C(C(C)(C)O)CCN1C(=O)O. The maximum atomic E-state index is 10.7. The van der Waals surface area contributed by atoms with Crippen LogP contribution >= 0.6 is 0 Å². The Bertz CT molecular complexity index is 209. The highest BCUT2D eigenvalue weighted by atomic mass is 16.4. The molecule has 2 unspecified atom stereocenters. The fraction of sp³-hybridized carbons (Fsp3) is 0.889. The van der Waals surface area contributed by atoms with Crippen molar-refractivity contribution >= 4 is 6.09 Å². The Kier molecular flexibility index (Phi) is 2.52. The smallest absolute Gasteiger partial charge is 0.407 e. The summed E-state index contributed by atoms with van der Waals surface area (Å²) < 4.78 is 0. The molecule has 0 spiro atoms. The second-order valence-corrected chi connectivity index (χ2v) is 4.27. The largest absolute Gasteiger partial charge is 0.465 e. The maximum absolute atomic E-state index is 10.7. The van der Waals surface area contributed by atoms with E-state index >= 15 is 0 Å². The third-order valence-corrected chi connectivity index (χ3v) is 2.91. The second-order valence-electron chi connectivity index (χ2n) is 4.27. The van der Waals surface area contributed by atoms with Crippen LogP contribution in [0.15, 0.2) is 0 Å². The van der Waals surface area contributed by atoms with Gasteiger partial charge in [-0.1, -0.05) is 0 Å². The molecule has 1 saturated heterocycles. The molecule has 13 heavy (non-hydrogen) atoms. The number of nitrogens with zero attached hydrogens (tertiary/aromatic N) is 1. The zero-order chi connectivity index (χ0) is 10.2. The highest BCUT2D eigenvalue weighted by Crippen LogP contribution is 2.32. The molecule has 0 bridgehead atoms. The van der Waals surface area contributed by atoms with Gasteiger partial charge in [-0.05, 0) is 27.2 Å². The monoisotopic (exact) mass is 187 g/mol. The Labute approximate surface area is 78.2 Å². The lowest BCUT2D eigenvalue weighted by molar-refractivity contribution is 0.00561. The molecule has 76 valence electrons. The number of carbonyl (C=O) groups is 1. The molecule has 1 aliphatic heterocycles. The lowest BCUT2D eigenvalue weighted by atomic mass is 9.85. The number of likely N-dealkylation sites (tertiary alicyclic amines) is 1. The summed E-state index contributed by atoms with van der Waals surface area (Å²) >= 11 is 0. The van der Waals surface area contributed by atoms with Crippen LogP contribution in [-0.4, -0.2) is 39.4 Å². The molecule has 0 aromatic rings. The van der Waals surface area contributed by atoms with Crippen molar-refractivity contribution in [3.63, 3.8) is 0 Å². The van der Waals surface area contributed by atoms with Crippen LogP contribution in [0, 0.1) is 5.92 Å². The molecule has 0 radical (unpaired) electrons. The van der Waals surface area contributed by atoms with E-state index in [1.165, 1.54) is 4.90 Å². The Hall–Kier alpha value is -0.770. The summed E-state index contributed by atoms with van der Waals surface area (Å²) in [5.41, 5.74) is -0.788. The molecule has 4 heteroatoms. The van der Waals surface area contributed by atoms with E-state index in [0.717, 1.165) is 6.42 Å². The van der Waals surface area contributed by atoms with Crippen LogP contribution in [0.1, 0.15) is 27.2 Å². The van der Waals surface area contributed by atoms with Gasteiger partial charge in [-0.3, -0.25) is 0 Å². The van der Waals surface area contributed by atoms with Gasteiger partial charge in [0.15, 0.2) is 0 Å². The Morgan fingerprint density at radius 1 is 1.54 bits per heavy atom. The van der Waals surface area contributed by atoms with Gasteiger partial charge in [0.05, 0.1) is 5.60 Å². The van der Waals surface area contributed by atoms with Gasteiger partial charge in [-0.15, -0.1) is 0 Å². The molecular weight excluding hydrogens is 170 g/mol. The molecule has 1 aliphatic rings. The summed E-state index contributed by atoms with van der Waals surface area (Å²) in [5.74, 6) is 0.0450. The van der Waals surface area contributed by atoms with Crippen LogP contribution in [0.25, 0.3) is 0 Å². The van der Waals surface area contributed by atoms with Crippen molar-refractivity contribution in [3.8, 4) is 0 Å². The van der Waals surface area contributed by atoms with Crippen molar-refractivity contribution < 1.29 is 15.0 Å². The van der Waals surface area contributed by atoms with Crippen molar-refractivity contribution in [2.75, 3.05) is 6.54 Å². The molecule has 1 amide bonds. The van der Waals surface area contributed by atoms with Gasteiger partial charge in [0.2, 0.25) is 0 Å². The van der Waals surface area contributed by atoms with Crippen LogP contribution in [-0.2, 0) is 0 Å². The Balaban J connectivity index is 2.71. The first-order valence-corrected chi connectivity index (χ1v) is 4.56. The Morgan fingerprint density at radius 2 is 2.08 bits per heavy atom. The van der Waals surface area contributed by atoms with Gasteiger partial charge < -0.3 is 15.1 Å². The summed E-state index contributed by atoms with van der Waals surface area (Å²) in [6.07, 6.45) is -0.143. The minimum absolute atomic E-state index is 0.0450. The number of rotatable bonds is 1. The van der Waals surface area contributed by atoms with Gasteiger partial charge in [-0.25, -0.2) is 4.79 Å². The number of hydrogen-bond acceptors (Lipinski definition) is 2. The summed E-state index contributed by atoms with van der Waals surface area (Å²) in [7, 11) is 0. The molecule has 0 aromatic heterocycles. The molecule has 1 rings (SSSR count). The molecule has 1 heterocycles. The molecular formula is C9H17NO3. The van der Waals surface area contributed by atoms with Crippen molar-refractivity contribution in [2.24, 2.45) is 5.92 Å². The van der Waals surface area contributed by atoms with Gasteiger partial charge >= 0.3 is 6.09 Å². The standard InChI is InChI=1S/C9H17NO3/c1-6-7(9(2,3)13)4-5-10(6)8(11)12/h6-7,13H,4-5H2,1-3H3,(H,11,12). The van der Waals surface area contributed by atoms with E-state index in [4.69, 9.17) is 5.11 Å². The first-order valence-electron chi connectivity index (χ1n) is 4.56. The lowest BCUT2D eigenvalue weighted by Gasteiger charge is -2.30. The lowest BCUT2D eigenvalue weighted by Crippen LogP contribution is -2.41. The van der Waals surface area contributed by atoms with Gasteiger partial charge in [0.1, 0.15) is 0 Å². The summed E-state index contributed by atoms with van der Waals surface area (Å²) in [5, 5.41) is 18.6. The van der Waals surface area contributed by atoms with Gasteiger partial charge in [0, 0.05) is 18.5 Å². The van der Waals surface area contributed by atoms with Crippen molar-refractivity contribution in [2.45, 2.75) is 38.8 Å². The Morgan fingerprint density at radius 3 is 2.31 bits per heavy atom. The third kappa shape index (κ3) is 1.94. The maximum Gasteiger partial charge on any atom is 0.407 e. The first kappa shape index (κ1) is 10.3. The minimum atomic E-state index is -0.890. The summed E-state index contributed by atoms with van der Waals surface area (Å²) in [6.45, 7) is 5.86. The van der Waals surface area contributed by atoms with E-state index < -0.39 is 11.7 Å². The van der Waals surface area contributed by atoms with Crippen LogP contribution < -0.4 is 0 Å². The van der Waals surface area contributed by atoms with E-state index in [-0.39, 0.29) is 12.0 Å².